The first-order chi connectivity index (χ1) is 6.16. The Morgan fingerprint density at radius 2 is 2.15 bits per heavy atom. The second-order valence-electron chi connectivity index (χ2n) is 3.27. The highest BCUT2D eigenvalue weighted by Crippen LogP contribution is 2.29. The summed E-state index contributed by atoms with van der Waals surface area (Å²) >= 11 is 3.46. The molecule has 0 aromatic heterocycles. The Hall–Kier alpha value is -0.340. The van der Waals surface area contributed by atoms with Crippen molar-refractivity contribution in [3.8, 4) is 0 Å². The molecular weight excluding hydrogens is 228 g/mol. The molecule has 0 spiro atoms. The Morgan fingerprint density at radius 1 is 1.46 bits per heavy atom. The molecule has 0 aliphatic rings. The lowest BCUT2D eigenvalue weighted by Crippen LogP contribution is -2.00. The Balaban J connectivity index is 2.98. The first-order valence-electron chi connectivity index (χ1n) is 4.60. The van der Waals surface area contributed by atoms with Crippen molar-refractivity contribution in [1.29, 1.82) is 0 Å². The average Bonchev–Trinajstić information content (AvgIpc) is 2.04. The van der Waals surface area contributed by atoms with Crippen LogP contribution in [0.4, 0.5) is 0 Å². The molecule has 0 heterocycles. The lowest BCUT2D eigenvalue weighted by atomic mass is 10.0. The molecule has 72 valence electrons. The molecule has 1 N–H and O–H groups in total. The molecule has 1 aromatic carbocycles. The number of aliphatic hydroxyl groups excluding tert-OH is 1. The van der Waals surface area contributed by atoms with Crippen molar-refractivity contribution in [2.45, 2.75) is 32.8 Å². The molecule has 2 heteroatoms. The third-order valence-electron chi connectivity index (χ3n) is 2.17. The van der Waals surface area contributed by atoms with Crippen molar-refractivity contribution in [2.75, 3.05) is 0 Å². The molecule has 0 fully saturated rings. The van der Waals surface area contributed by atoms with Gasteiger partial charge in [-0.3, -0.25) is 0 Å². The van der Waals surface area contributed by atoms with Crippen LogP contribution in [-0.4, -0.2) is 5.11 Å². The molecule has 1 atom stereocenters. The minimum Gasteiger partial charge on any atom is -0.388 e. The minimum absolute atomic E-state index is 0.333. The van der Waals surface area contributed by atoms with Gasteiger partial charge >= 0.3 is 0 Å². The number of aliphatic hydroxyl groups is 1. The van der Waals surface area contributed by atoms with E-state index in [-0.39, 0.29) is 6.10 Å². The zero-order valence-corrected chi connectivity index (χ0v) is 9.63. The summed E-state index contributed by atoms with van der Waals surface area (Å²) in [5.74, 6) is 0. The van der Waals surface area contributed by atoms with E-state index >= 15 is 0 Å². The van der Waals surface area contributed by atoms with E-state index in [4.69, 9.17) is 0 Å². The van der Waals surface area contributed by atoms with Crippen molar-refractivity contribution >= 4 is 15.9 Å². The molecule has 13 heavy (non-hydrogen) atoms. The normalized spacial score (nSPS) is 12.9. The van der Waals surface area contributed by atoms with Gasteiger partial charge in [0.1, 0.15) is 0 Å². The number of halogens is 1. The van der Waals surface area contributed by atoms with Gasteiger partial charge in [-0.15, -0.1) is 0 Å². The van der Waals surface area contributed by atoms with Crippen LogP contribution in [0.5, 0.6) is 0 Å². The molecule has 0 radical (unpaired) electrons. The Kier molecular flexibility index (Phi) is 3.94. The number of benzene rings is 1. The van der Waals surface area contributed by atoms with E-state index in [0.29, 0.717) is 0 Å². The smallest absolute Gasteiger partial charge is 0.0803 e. The van der Waals surface area contributed by atoms with Crippen LogP contribution in [0.3, 0.4) is 0 Å². The fourth-order valence-corrected chi connectivity index (χ4v) is 2.21. The number of aryl methyl sites for hydroxylation is 1. The fourth-order valence-electron chi connectivity index (χ4n) is 1.48. The van der Waals surface area contributed by atoms with Gasteiger partial charge in [0.25, 0.3) is 0 Å². The summed E-state index contributed by atoms with van der Waals surface area (Å²) < 4.78 is 1.01. The van der Waals surface area contributed by atoms with E-state index in [2.05, 4.69) is 22.9 Å². The molecule has 0 saturated carbocycles. The molecular formula is C11H15BrO. The lowest BCUT2D eigenvalue weighted by molar-refractivity contribution is 0.165. The van der Waals surface area contributed by atoms with E-state index in [1.54, 1.807) is 0 Å². The first-order valence-corrected chi connectivity index (χ1v) is 5.39. The predicted octanol–water partition coefficient (Wildman–Crippen LogP) is 3.59. The third kappa shape index (κ3) is 2.55. The highest BCUT2D eigenvalue weighted by molar-refractivity contribution is 9.10. The van der Waals surface area contributed by atoms with E-state index in [1.807, 2.05) is 25.1 Å². The number of rotatable bonds is 3. The van der Waals surface area contributed by atoms with Gasteiger partial charge in [-0.2, -0.15) is 0 Å². The second-order valence-corrected chi connectivity index (χ2v) is 4.13. The van der Waals surface area contributed by atoms with Crippen LogP contribution >= 0.6 is 15.9 Å². The lowest BCUT2D eigenvalue weighted by Gasteiger charge is -2.14. The third-order valence-corrected chi connectivity index (χ3v) is 2.86. The highest BCUT2D eigenvalue weighted by Gasteiger charge is 2.12. The van der Waals surface area contributed by atoms with Crippen molar-refractivity contribution in [3.63, 3.8) is 0 Å². The Labute approximate surface area is 87.9 Å². The van der Waals surface area contributed by atoms with Gasteiger partial charge in [-0.1, -0.05) is 41.4 Å². The summed E-state index contributed by atoms with van der Waals surface area (Å²) in [5.41, 5.74) is 2.18. The van der Waals surface area contributed by atoms with E-state index in [1.165, 1.54) is 0 Å². The SMILES string of the molecule is CCC[C@H](O)c1c(C)cccc1Br. The van der Waals surface area contributed by atoms with Gasteiger partial charge in [0.15, 0.2) is 0 Å². The number of hydrogen-bond acceptors (Lipinski definition) is 1. The fraction of sp³-hybridized carbons (Fsp3) is 0.455. The summed E-state index contributed by atoms with van der Waals surface area (Å²) in [6.45, 7) is 4.11. The summed E-state index contributed by atoms with van der Waals surface area (Å²) in [6, 6.07) is 5.99. The molecule has 0 aliphatic carbocycles. The van der Waals surface area contributed by atoms with Gasteiger partial charge in [0, 0.05) is 4.47 Å². The molecule has 0 saturated heterocycles. The van der Waals surface area contributed by atoms with Crippen LogP contribution in [0.2, 0.25) is 0 Å². The standard InChI is InChI=1S/C11H15BrO/c1-3-5-10(13)11-8(2)6-4-7-9(11)12/h4,6-7,10,13H,3,5H2,1-2H3/t10-/m0/s1. The summed E-state index contributed by atoms with van der Waals surface area (Å²) in [4.78, 5) is 0. The molecule has 0 unspecified atom stereocenters. The van der Waals surface area contributed by atoms with Gasteiger partial charge in [-0.25, -0.2) is 0 Å². The maximum absolute atomic E-state index is 9.85. The van der Waals surface area contributed by atoms with Crippen molar-refractivity contribution < 1.29 is 5.11 Å². The molecule has 0 bridgehead atoms. The number of hydrogen-bond donors (Lipinski definition) is 1. The van der Waals surface area contributed by atoms with Crippen LogP contribution in [0, 0.1) is 6.92 Å². The molecule has 1 nitrogen and oxygen atoms in total. The van der Waals surface area contributed by atoms with Crippen molar-refractivity contribution in [3.05, 3.63) is 33.8 Å². The highest BCUT2D eigenvalue weighted by atomic mass is 79.9. The van der Waals surface area contributed by atoms with E-state index < -0.39 is 0 Å². The minimum atomic E-state index is -0.333. The molecule has 0 amide bonds. The summed E-state index contributed by atoms with van der Waals surface area (Å²) in [6.07, 6.45) is 1.49. The van der Waals surface area contributed by atoms with Crippen molar-refractivity contribution in [1.82, 2.24) is 0 Å². The van der Waals surface area contributed by atoms with Crippen molar-refractivity contribution in [2.24, 2.45) is 0 Å². The average molecular weight is 243 g/mol. The zero-order chi connectivity index (χ0) is 9.84. The molecule has 1 aromatic rings. The van der Waals surface area contributed by atoms with Gasteiger partial charge in [0.2, 0.25) is 0 Å². The topological polar surface area (TPSA) is 20.2 Å². The zero-order valence-electron chi connectivity index (χ0n) is 8.05. The quantitative estimate of drug-likeness (QED) is 0.860. The first kappa shape index (κ1) is 10.7. The Morgan fingerprint density at radius 3 is 2.69 bits per heavy atom. The van der Waals surface area contributed by atoms with Gasteiger partial charge < -0.3 is 5.11 Å². The Bertz CT molecular complexity index is 263. The predicted molar refractivity (Wildman–Crippen MR) is 58.7 cm³/mol. The van der Waals surface area contributed by atoms with Gasteiger partial charge in [0.05, 0.1) is 6.10 Å². The maximum Gasteiger partial charge on any atom is 0.0803 e. The largest absolute Gasteiger partial charge is 0.388 e. The molecule has 0 aliphatic heterocycles. The van der Waals surface area contributed by atoms with E-state index in [9.17, 15) is 5.11 Å². The van der Waals surface area contributed by atoms with Crippen LogP contribution < -0.4 is 0 Å². The maximum atomic E-state index is 9.85. The van der Waals surface area contributed by atoms with Crippen LogP contribution in [0.25, 0.3) is 0 Å². The van der Waals surface area contributed by atoms with E-state index in [0.717, 1.165) is 28.4 Å². The van der Waals surface area contributed by atoms with Gasteiger partial charge in [-0.05, 0) is 30.5 Å². The molecule has 1 rings (SSSR count). The summed E-state index contributed by atoms with van der Waals surface area (Å²) in [7, 11) is 0. The monoisotopic (exact) mass is 242 g/mol. The van der Waals surface area contributed by atoms with Crippen LogP contribution in [0.15, 0.2) is 22.7 Å². The second kappa shape index (κ2) is 4.77. The summed E-state index contributed by atoms with van der Waals surface area (Å²) in [5, 5.41) is 9.85. The van der Waals surface area contributed by atoms with Crippen LogP contribution in [0.1, 0.15) is 37.0 Å². The van der Waals surface area contributed by atoms with Crippen LogP contribution in [-0.2, 0) is 0 Å².